The van der Waals surface area contributed by atoms with E-state index in [0.717, 1.165) is 11.3 Å². The number of nitrogens with two attached hydrogens (primary N) is 1. The van der Waals surface area contributed by atoms with E-state index < -0.39 is 15.6 Å². The van der Waals surface area contributed by atoms with Gasteiger partial charge in [-0.15, -0.1) is 0 Å². The van der Waals surface area contributed by atoms with Gasteiger partial charge in [-0.2, -0.15) is 0 Å². The van der Waals surface area contributed by atoms with Gasteiger partial charge >= 0.3 is 0 Å². The number of anilines is 1. The maximum Gasteiger partial charge on any atom is 0.252 e. The van der Waals surface area contributed by atoms with E-state index in [1.165, 1.54) is 0 Å². The molecule has 2 rings (SSSR count). The molecular weight excluding hydrogens is 274 g/mol. The minimum absolute atomic E-state index is 0.155. The van der Waals surface area contributed by atoms with Crippen LogP contribution in [0, 0.1) is 6.92 Å². The summed E-state index contributed by atoms with van der Waals surface area (Å²) in [5.41, 5.74) is 5.39. The molecule has 0 bridgehead atoms. The standard InChI is InChI=1S/C10H17N3O3S2/c1-6-8(17-9(11)12-6)18(14,15)13-10(3)4-5-16-7(10)2/h7,13H,4-5H2,1-3H3,(H2,11,12). The van der Waals surface area contributed by atoms with Gasteiger partial charge in [-0.25, -0.2) is 18.1 Å². The van der Waals surface area contributed by atoms with Crippen LogP contribution in [0.3, 0.4) is 0 Å². The van der Waals surface area contributed by atoms with E-state index in [2.05, 4.69) is 9.71 Å². The van der Waals surface area contributed by atoms with Crippen LogP contribution in [0.5, 0.6) is 0 Å². The van der Waals surface area contributed by atoms with Crippen LogP contribution in [0.15, 0.2) is 4.21 Å². The van der Waals surface area contributed by atoms with Crippen LogP contribution in [0.25, 0.3) is 0 Å². The molecular formula is C10H17N3O3S2. The van der Waals surface area contributed by atoms with Crippen molar-refractivity contribution in [1.82, 2.24) is 9.71 Å². The number of aryl methyl sites for hydroxylation is 1. The molecule has 2 atom stereocenters. The summed E-state index contributed by atoms with van der Waals surface area (Å²) in [5.74, 6) is 0. The summed E-state index contributed by atoms with van der Waals surface area (Å²) in [6.07, 6.45) is 0.499. The first-order valence-corrected chi connectivity index (χ1v) is 7.93. The van der Waals surface area contributed by atoms with Gasteiger partial charge < -0.3 is 10.5 Å². The molecule has 1 aromatic heterocycles. The summed E-state index contributed by atoms with van der Waals surface area (Å²) < 4.78 is 33.0. The Balaban J connectivity index is 2.30. The fraction of sp³-hybridized carbons (Fsp3) is 0.700. The predicted molar refractivity (Wildman–Crippen MR) is 70.0 cm³/mol. The highest BCUT2D eigenvalue weighted by molar-refractivity contribution is 7.91. The molecule has 0 radical (unpaired) electrons. The number of ether oxygens (including phenoxy) is 1. The smallest absolute Gasteiger partial charge is 0.252 e. The monoisotopic (exact) mass is 291 g/mol. The Morgan fingerprint density at radius 3 is 2.72 bits per heavy atom. The van der Waals surface area contributed by atoms with Gasteiger partial charge in [0.2, 0.25) is 0 Å². The largest absolute Gasteiger partial charge is 0.376 e. The third kappa shape index (κ3) is 2.37. The fourth-order valence-electron chi connectivity index (χ4n) is 1.97. The van der Waals surface area contributed by atoms with Gasteiger partial charge in [-0.1, -0.05) is 11.3 Å². The van der Waals surface area contributed by atoms with Crippen LogP contribution in [-0.4, -0.2) is 31.7 Å². The zero-order chi connectivity index (χ0) is 13.6. The lowest BCUT2D eigenvalue weighted by atomic mass is 9.97. The number of hydrogen-bond acceptors (Lipinski definition) is 6. The fourth-order valence-corrected chi connectivity index (χ4v) is 4.77. The van der Waals surface area contributed by atoms with Gasteiger partial charge in [0.15, 0.2) is 9.34 Å². The summed E-state index contributed by atoms with van der Waals surface area (Å²) in [7, 11) is -3.60. The lowest BCUT2D eigenvalue weighted by molar-refractivity contribution is 0.0957. The molecule has 1 aliphatic heterocycles. The number of rotatable bonds is 3. The molecule has 2 unspecified atom stereocenters. The number of hydrogen-bond donors (Lipinski definition) is 2. The molecule has 1 fully saturated rings. The lowest BCUT2D eigenvalue weighted by Crippen LogP contribution is -2.50. The lowest BCUT2D eigenvalue weighted by Gasteiger charge is -2.28. The second kappa shape index (κ2) is 4.44. The zero-order valence-corrected chi connectivity index (χ0v) is 12.2. The Labute approximate surface area is 111 Å². The van der Waals surface area contributed by atoms with Gasteiger partial charge in [0.1, 0.15) is 0 Å². The Morgan fingerprint density at radius 1 is 1.61 bits per heavy atom. The van der Waals surface area contributed by atoms with Crippen molar-refractivity contribution in [3.8, 4) is 0 Å². The first-order valence-electron chi connectivity index (χ1n) is 5.63. The van der Waals surface area contributed by atoms with Crippen molar-refractivity contribution in [2.75, 3.05) is 12.3 Å². The molecule has 6 nitrogen and oxygen atoms in total. The number of nitrogens with one attached hydrogen (secondary N) is 1. The quantitative estimate of drug-likeness (QED) is 0.862. The van der Waals surface area contributed by atoms with Crippen LogP contribution >= 0.6 is 11.3 Å². The number of sulfonamides is 1. The normalized spacial score (nSPS) is 28.7. The summed E-state index contributed by atoms with van der Waals surface area (Å²) in [6.45, 7) is 5.91. The number of nitrogens with zero attached hydrogens (tertiary/aromatic N) is 1. The molecule has 1 aromatic rings. The highest BCUT2D eigenvalue weighted by Crippen LogP contribution is 2.30. The molecule has 0 saturated carbocycles. The predicted octanol–water partition coefficient (Wildman–Crippen LogP) is 0.880. The summed E-state index contributed by atoms with van der Waals surface area (Å²) >= 11 is 0.980. The van der Waals surface area contributed by atoms with Crippen molar-refractivity contribution < 1.29 is 13.2 Å². The van der Waals surface area contributed by atoms with Crippen LogP contribution < -0.4 is 10.5 Å². The van der Waals surface area contributed by atoms with Gasteiger partial charge in [-0.3, -0.25) is 0 Å². The van der Waals surface area contributed by atoms with Crippen molar-refractivity contribution >= 4 is 26.5 Å². The second-order valence-electron chi connectivity index (χ2n) is 4.71. The Hall–Kier alpha value is -0.700. The van der Waals surface area contributed by atoms with Crippen molar-refractivity contribution in [1.29, 1.82) is 0 Å². The molecule has 102 valence electrons. The molecule has 0 aromatic carbocycles. The average Bonchev–Trinajstić information content (AvgIpc) is 2.71. The Morgan fingerprint density at radius 2 is 2.28 bits per heavy atom. The van der Waals surface area contributed by atoms with Crippen molar-refractivity contribution in [2.45, 2.75) is 43.0 Å². The van der Waals surface area contributed by atoms with Gasteiger partial charge in [0, 0.05) is 6.61 Å². The summed E-state index contributed by atoms with van der Waals surface area (Å²) in [6, 6.07) is 0. The van der Waals surface area contributed by atoms with Crippen LogP contribution in [0.1, 0.15) is 26.0 Å². The van der Waals surface area contributed by atoms with E-state index in [-0.39, 0.29) is 15.4 Å². The molecule has 3 N–H and O–H groups in total. The number of aromatic nitrogens is 1. The zero-order valence-electron chi connectivity index (χ0n) is 10.6. The highest BCUT2D eigenvalue weighted by atomic mass is 32.2. The molecule has 0 aliphatic carbocycles. The third-order valence-corrected chi connectivity index (χ3v) is 6.48. The molecule has 2 heterocycles. The van der Waals surface area contributed by atoms with Crippen molar-refractivity contribution in [2.24, 2.45) is 0 Å². The molecule has 1 aliphatic rings. The van der Waals surface area contributed by atoms with E-state index in [4.69, 9.17) is 10.5 Å². The van der Waals surface area contributed by atoms with Gasteiger partial charge in [0.05, 0.1) is 17.3 Å². The maximum absolute atomic E-state index is 12.3. The van der Waals surface area contributed by atoms with Crippen LogP contribution in [-0.2, 0) is 14.8 Å². The highest BCUT2D eigenvalue weighted by Gasteiger charge is 2.41. The van der Waals surface area contributed by atoms with Crippen LogP contribution in [0.4, 0.5) is 5.13 Å². The first kappa shape index (κ1) is 13.7. The third-order valence-electron chi connectivity index (χ3n) is 3.27. The molecule has 0 spiro atoms. The molecule has 0 amide bonds. The van der Waals surface area contributed by atoms with E-state index in [1.807, 2.05) is 13.8 Å². The van der Waals surface area contributed by atoms with E-state index in [0.29, 0.717) is 18.7 Å². The first-order chi connectivity index (χ1) is 8.24. The molecule has 1 saturated heterocycles. The topological polar surface area (TPSA) is 94.3 Å². The van der Waals surface area contributed by atoms with Gasteiger partial charge in [0.25, 0.3) is 10.0 Å². The van der Waals surface area contributed by atoms with Crippen molar-refractivity contribution in [3.05, 3.63) is 5.69 Å². The molecule has 18 heavy (non-hydrogen) atoms. The molecule has 8 heteroatoms. The minimum Gasteiger partial charge on any atom is -0.376 e. The SMILES string of the molecule is Cc1nc(N)sc1S(=O)(=O)NC1(C)CCOC1C. The van der Waals surface area contributed by atoms with Crippen LogP contribution in [0.2, 0.25) is 0 Å². The minimum atomic E-state index is -3.60. The van der Waals surface area contributed by atoms with E-state index in [1.54, 1.807) is 6.92 Å². The van der Waals surface area contributed by atoms with E-state index >= 15 is 0 Å². The number of nitrogen functional groups attached to an aromatic ring is 1. The average molecular weight is 291 g/mol. The van der Waals surface area contributed by atoms with Gasteiger partial charge in [-0.05, 0) is 27.2 Å². The number of thiazole rings is 1. The Bertz CT molecular complexity index is 555. The van der Waals surface area contributed by atoms with Crippen molar-refractivity contribution in [3.63, 3.8) is 0 Å². The maximum atomic E-state index is 12.3. The second-order valence-corrected chi connectivity index (χ2v) is 7.62. The Kier molecular flexibility index (Phi) is 3.39. The summed E-state index contributed by atoms with van der Waals surface area (Å²) in [4.78, 5) is 3.94. The van der Waals surface area contributed by atoms with E-state index in [9.17, 15) is 8.42 Å². The summed E-state index contributed by atoms with van der Waals surface area (Å²) in [5, 5.41) is 0.258.